The highest BCUT2D eigenvalue weighted by Crippen LogP contribution is 2.18. The van der Waals surface area contributed by atoms with Crippen LogP contribution >= 0.6 is 0 Å². The Labute approximate surface area is 120 Å². The second-order valence-electron chi connectivity index (χ2n) is 4.58. The van der Waals surface area contributed by atoms with Crippen molar-refractivity contribution < 1.29 is 9.90 Å². The molecule has 0 radical (unpaired) electrons. The molecule has 3 N–H and O–H groups in total. The van der Waals surface area contributed by atoms with Crippen molar-refractivity contribution in [1.29, 1.82) is 0 Å². The number of aliphatic carboxylic acids is 1. The highest BCUT2D eigenvalue weighted by atomic mass is 16.4. The molecule has 0 bridgehead atoms. The molecule has 1 aromatic carbocycles. The van der Waals surface area contributed by atoms with Crippen LogP contribution in [0.3, 0.4) is 0 Å². The Bertz CT molecular complexity index is 756. The number of rotatable bonds is 5. The summed E-state index contributed by atoms with van der Waals surface area (Å²) < 4.78 is 0. The van der Waals surface area contributed by atoms with E-state index >= 15 is 0 Å². The standard InChI is InChI=1S/C14H13N5O2/c20-14(21)11(6-9-4-2-1-3-5-9)18-12-10-7-17-19-13(10)16-8-15-12/h1-5,7-8,11H,6H2,(H,20,21)(H2,15,16,17,18,19)/t11-/m1/s1. The summed E-state index contributed by atoms with van der Waals surface area (Å²) in [6.45, 7) is 0. The van der Waals surface area contributed by atoms with Gasteiger partial charge in [-0.2, -0.15) is 5.10 Å². The second-order valence-corrected chi connectivity index (χ2v) is 4.58. The number of fused-ring (bicyclic) bond motifs is 1. The molecule has 0 spiro atoms. The van der Waals surface area contributed by atoms with Crippen molar-refractivity contribution in [3.8, 4) is 0 Å². The second kappa shape index (κ2) is 5.58. The minimum absolute atomic E-state index is 0.361. The van der Waals surface area contributed by atoms with Crippen LogP contribution in [0.5, 0.6) is 0 Å². The molecule has 0 saturated heterocycles. The Morgan fingerprint density at radius 2 is 2.10 bits per heavy atom. The fourth-order valence-electron chi connectivity index (χ4n) is 2.09. The minimum Gasteiger partial charge on any atom is -0.480 e. The van der Waals surface area contributed by atoms with Crippen LogP contribution in [0.4, 0.5) is 5.82 Å². The first-order valence-electron chi connectivity index (χ1n) is 6.41. The van der Waals surface area contributed by atoms with E-state index in [0.717, 1.165) is 5.56 Å². The maximum Gasteiger partial charge on any atom is 0.326 e. The van der Waals surface area contributed by atoms with Gasteiger partial charge in [-0.3, -0.25) is 5.10 Å². The van der Waals surface area contributed by atoms with Gasteiger partial charge in [0, 0.05) is 6.42 Å². The number of nitrogens with one attached hydrogen (secondary N) is 2. The first kappa shape index (κ1) is 13.0. The molecular formula is C14H13N5O2. The largest absolute Gasteiger partial charge is 0.480 e. The summed E-state index contributed by atoms with van der Waals surface area (Å²) in [4.78, 5) is 19.6. The normalized spacial score (nSPS) is 12.2. The van der Waals surface area contributed by atoms with Gasteiger partial charge in [-0.15, -0.1) is 0 Å². The molecule has 3 aromatic rings. The topological polar surface area (TPSA) is 104 Å². The molecule has 0 amide bonds. The van der Waals surface area contributed by atoms with E-state index in [2.05, 4.69) is 25.5 Å². The zero-order valence-corrected chi connectivity index (χ0v) is 11.0. The van der Waals surface area contributed by atoms with Crippen molar-refractivity contribution >= 4 is 22.8 Å². The molecule has 21 heavy (non-hydrogen) atoms. The molecule has 0 fully saturated rings. The quantitative estimate of drug-likeness (QED) is 0.655. The number of aromatic amines is 1. The maximum absolute atomic E-state index is 11.5. The zero-order chi connectivity index (χ0) is 14.7. The van der Waals surface area contributed by atoms with Crippen molar-refractivity contribution in [2.24, 2.45) is 0 Å². The van der Waals surface area contributed by atoms with E-state index in [4.69, 9.17) is 0 Å². The van der Waals surface area contributed by atoms with Gasteiger partial charge in [-0.1, -0.05) is 30.3 Å². The number of H-pyrrole nitrogens is 1. The Kier molecular flexibility index (Phi) is 3.46. The molecule has 1 atom stereocenters. The van der Waals surface area contributed by atoms with Crippen LogP contribution in [-0.2, 0) is 11.2 Å². The molecule has 7 nitrogen and oxygen atoms in total. The van der Waals surface area contributed by atoms with Gasteiger partial charge < -0.3 is 10.4 Å². The Balaban J connectivity index is 1.85. The van der Waals surface area contributed by atoms with Gasteiger partial charge in [0.1, 0.15) is 18.2 Å². The average molecular weight is 283 g/mol. The third-order valence-corrected chi connectivity index (χ3v) is 3.14. The van der Waals surface area contributed by atoms with Gasteiger partial charge in [0.15, 0.2) is 5.65 Å². The number of carbonyl (C=O) groups is 1. The molecule has 0 unspecified atom stereocenters. The monoisotopic (exact) mass is 283 g/mol. The Hall–Kier alpha value is -2.96. The third kappa shape index (κ3) is 2.81. The van der Waals surface area contributed by atoms with Crippen LogP contribution in [0.15, 0.2) is 42.9 Å². The van der Waals surface area contributed by atoms with Gasteiger partial charge in [-0.25, -0.2) is 14.8 Å². The molecule has 0 aliphatic rings. The summed E-state index contributed by atoms with van der Waals surface area (Å²) in [5.74, 6) is -0.480. The van der Waals surface area contributed by atoms with Crippen molar-refractivity contribution in [2.45, 2.75) is 12.5 Å². The summed E-state index contributed by atoms with van der Waals surface area (Å²) in [5, 5.41) is 19.6. The average Bonchev–Trinajstić information content (AvgIpc) is 2.97. The third-order valence-electron chi connectivity index (χ3n) is 3.14. The van der Waals surface area contributed by atoms with Gasteiger partial charge >= 0.3 is 5.97 Å². The molecular weight excluding hydrogens is 270 g/mol. The van der Waals surface area contributed by atoms with Crippen molar-refractivity contribution in [3.05, 3.63) is 48.4 Å². The Morgan fingerprint density at radius 1 is 1.29 bits per heavy atom. The first-order chi connectivity index (χ1) is 10.2. The van der Waals surface area contributed by atoms with Gasteiger partial charge in [0.2, 0.25) is 0 Å². The van der Waals surface area contributed by atoms with Crippen molar-refractivity contribution in [2.75, 3.05) is 5.32 Å². The summed E-state index contributed by atoms with van der Waals surface area (Å²) in [7, 11) is 0. The van der Waals surface area contributed by atoms with E-state index < -0.39 is 12.0 Å². The number of nitrogens with zero attached hydrogens (tertiary/aromatic N) is 3. The summed E-state index contributed by atoms with van der Waals surface area (Å²) in [5.41, 5.74) is 1.51. The van der Waals surface area contributed by atoms with Gasteiger partial charge in [0.05, 0.1) is 11.6 Å². The van der Waals surface area contributed by atoms with Crippen molar-refractivity contribution in [3.63, 3.8) is 0 Å². The van der Waals surface area contributed by atoms with E-state index in [1.54, 1.807) is 6.20 Å². The molecule has 0 aliphatic heterocycles. The lowest BCUT2D eigenvalue weighted by Crippen LogP contribution is -2.32. The zero-order valence-electron chi connectivity index (χ0n) is 11.0. The van der Waals surface area contributed by atoms with Gasteiger partial charge in [0.25, 0.3) is 0 Å². The Morgan fingerprint density at radius 3 is 2.86 bits per heavy atom. The summed E-state index contributed by atoms with van der Waals surface area (Å²) in [6.07, 6.45) is 3.29. The smallest absolute Gasteiger partial charge is 0.326 e. The van der Waals surface area contributed by atoms with Crippen LogP contribution in [0.2, 0.25) is 0 Å². The highest BCUT2D eigenvalue weighted by Gasteiger charge is 2.19. The van der Waals surface area contributed by atoms with Crippen molar-refractivity contribution in [1.82, 2.24) is 20.2 Å². The maximum atomic E-state index is 11.5. The molecule has 0 saturated carbocycles. The first-order valence-corrected chi connectivity index (χ1v) is 6.41. The van der Waals surface area contributed by atoms with E-state index in [1.165, 1.54) is 6.33 Å². The number of aromatic nitrogens is 4. The summed E-state index contributed by atoms with van der Waals surface area (Å²) >= 11 is 0. The SMILES string of the molecule is O=C(O)[C@@H](Cc1ccccc1)Nc1ncnc2[nH]ncc12. The number of carboxylic acids is 1. The molecule has 3 rings (SSSR count). The van der Waals surface area contributed by atoms with Crippen LogP contribution in [0, 0.1) is 0 Å². The molecule has 2 aromatic heterocycles. The lowest BCUT2D eigenvalue weighted by Gasteiger charge is -2.15. The predicted molar refractivity (Wildman–Crippen MR) is 76.9 cm³/mol. The number of anilines is 1. The number of carboxylic acid groups (broad SMARTS) is 1. The van der Waals surface area contributed by atoms with Crippen LogP contribution < -0.4 is 5.32 Å². The minimum atomic E-state index is -0.936. The number of hydrogen-bond acceptors (Lipinski definition) is 5. The molecule has 7 heteroatoms. The fraction of sp³-hybridized carbons (Fsp3) is 0.143. The van der Waals surface area contributed by atoms with Crippen LogP contribution in [0.1, 0.15) is 5.56 Å². The van der Waals surface area contributed by atoms with E-state index in [9.17, 15) is 9.90 Å². The molecule has 2 heterocycles. The van der Waals surface area contributed by atoms with Crippen LogP contribution in [-0.4, -0.2) is 37.3 Å². The van der Waals surface area contributed by atoms with E-state index in [-0.39, 0.29) is 0 Å². The van der Waals surface area contributed by atoms with E-state index in [0.29, 0.717) is 23.3 Å². The van der Waals surface area contributed by atoms with Gasteiger partial charge in [-0.05, 0) is 5.56 Å². The fourth-order valence-corrected chi connectivity index (χ4v) is 2.09. The lowest BCUT2D eigenvalue weighted by molar-refractivity contribution is -0.137. The van der Waals surface area contributed by atoms with E-state index in [1.807, 2.05) is 30.3 Å². The van der Waals surface area contributed by atoms with Crippen LogP contribution in [0.25, 0.3) is 11.0 Å². The lowest BCUT2D eigenvalue weighted by atomic mass is 10.1. The summed E-state index contributed by atoms with van der Waals surface area (Å²) in [6, 6.07) is 8.67. The predicted octanol–water partition coefficient (Wildman–Crippen LogP) is 1.46. The molecule has 0 aliphatic carbocycles. The highest BCUT2D eigenvalue weighted by molar-refractivity contribution is 5.88. The molecule has 106 valence electrons. The number of hydrogen-bond donors (Lipinski definition) is 3. The number of benzene rings is 1.